The topological polar surface area (TPSA) is 44.0 Å². The van der Waals surface area contributed by atoms with Crippen molar-refractivity contribution in [2.75, 3.05) is 0 Å². The number of rotatable bonds is 0. The van der Waals surface area contributed by atoms with Crippen LogP contribution in [0.5, 0.6) is 0 Å². The lowest BCUT2D eigenvalue weighted by molar-refractivity contribution is 0.264. The molecule has 0 amide bonds. The van der Waals surface area contributed by atoms with Crippen molar-refractivity contribution in [3.63, 3.8) is 0 Å². The molecule has 1 aliphatic heterocycles. The second-order valence-electron chi connectivity index (χ2n) is 3.40. The van der Waals surface area contributed by atoms with Gasteiger partial charge in [0.1, 0.15) is 0 Å². The Labute approximate surface area is 54.5 Å². The summed E-state index contributed by atoms with van der Waals surface area (Å²) < 4.78 is 5.44. The van der Waals surface area contributed by atoms with Crippen LogP contribution in [0.25, 0.3) is 0 Å². The molecule has 2 bridgehead atoms. The smallest absolute Gasteiger partial charge is 0.0872 e. The van der Waals surface area contributed by atoms with E-state index in [0.717, 1.165) is 24.0 Å². The molecule has 2 nitrogen and oxygen atoms in total. The summed E-state index contributed by atoms with van der Waals surface area (Å²) in [5, 5.41) is 0. The molecular weight excluding hydrogens is 116 g/mol. The van der Waals surface area contributed by atoms with Crippen LogP contribution in [0, 0.1) is 11.8 Å². The first-order chi connectivity index (χ1) is 3.95. The molecule has 9 heavy (non-hydrogen) atoms. The largest absolute Gasteiger partial charge is 0.412 e. The van der Waals surface area contributed by atoms with E-state index in [9.17, 15) is 0 Å². The normalized spacial score (nSPS) is 58.7. The van der Waals surface area contributed by atoms with Gasteiger partial charge in [-0.2, -0.15) is 0 Å². The van der Waals surface area contributed by atoms with E-state index in [1.54, 1.807) is 0 Å². The zero-order chi connectivity index (χ0) is 5.14. The molecule has 2 aliphatic carbocycles. The quantitative estimate of drug-likeness (QED) is 0.434. The standard InChI is InChI=1S/C7H10O.H2O/c1-2-5-3-4(1)6-7(5)8-6;/h4-7H,1-3H2;1H2. The van der Waals surface area contributed by atoms with Crippen molar-refractivity contribution in [3.8, 4) is 0 Å². The molecule has 3 aliphatic rings. The van der Waals surface area contributed by atoms with Gasteiger partial charge in [-0.3, -0.25) is 0 Å². The first-order valence-electron chi connectivity index (χ1n) is 3.60. The minimum Gasteiger partial charge on any atom is -0.412 e. The molecule has 4 atom stereocenters. The van der Waals surface area contributed by atoms with Crippen LogP contribution in [0.4, 0.5) is 0 Å². The summed E-state index contributed by atoms with van der Waals surface area (Å²) in [6.45, 7) is 0. The molecule has 3 fully saturated rings. The average Bonchev–Trinajstić information content (AvgIpc) is 2.39. The van der Waals surface area contributed by atoms with Gasteiger partial charge in [0.05, 0.1) is 12.2 Å². The van der Waals surface area contributed by atoms with Crippen LogP contribution < -0.4 is 0 Å². The maximum Gasteiger partial charge on any atom is 0.0872 e. The van der Waals surface area contributed by atoms with E-state index in [1.165, 1.54) is 19.3 Å². The molecule has 0 aromatic carbocycles. The fraction of sp³-hybridized carbons (Fsp3) is 1.00. The molecule has 1 saturated heterocycles. The van der Waals surface area contributed by atoms with Gasteiger partial charge in [0.15, 0.2) is 0 Å². The van der Waals surface area contributed by atoms with Gasteiger partial charge in [-0.25, -0.2) is 0 Å². The first-order valence-corrected chi connectivity index (χ1v) is 3.60. The number of fused-ring (bicyclic) bond motifs is 5. The summed E-state index contributed by atoms with van der Waals surface area (Å²) in [6.07, 6.45) is 5.91. The van der Waals surface area contributed by atoms with Crippen molar-refractivity contribution in [2.45, 2.75) is 31.5 Å². The van der Waals surface area contributed by atoms with Crippen LogP contribution in [0.1, 0.15) is 19.3 Å². The van der Waals surface area contributed by atoms with Crippen LogP contribution >= 0.6 is 0 Å². The third-order valence-corrected chi connectivity index (χ3v) is 3.00. The highest BCUT2D eigenvalue weighted by molar-refractivity contribution is 5.07. The molecule has 2 saturated carbocycles. The lowest BCUT2D eigenvalue weighted by Gasteiger charge is -1.99. The lowest BCUT2D eigenvalue weighted by Crippen LogP contribution is -2.04. The summed E-state index contributed by atoms with van der Waals surface area (Å²) in [6, 6.07) is 0. The Morgan fingerprint density at radius 3 is 1.89 bits per heavy atom. The molecule has 52 valence electrons. The van der Waals surface area contributed by atoms with Crippen LogP contribution in [-0.2, 0) is 4.74 Å². The predicted molar refractivity (Wildman–Crippen MR) is 33.1 cm³/mol. The van der Waals surface area contributed by atoms with Gasteiger partial charge in [-0.05, 0) is 31.1 Å². The van der Waals surface area contributed by atoms with Crippen molar-refractivity contribution in [2.24, 2.45) is 11.8 Å². The van der Waals surface area contributed by atoms with Crippen LogP contribution in [-0.4, -0.2) is 17.7 Å². The second kappa shape index (κ2) is 1.50. The minimum absolute atomic E-state index is 0. The Bertz CT molecular complexity index is 121. The summed E-state index contributed by atoms with van der Waals surface area (Å²) in [5.74, 6) is 1.98. The maximum atomic E-state index is 5.44. The van der Waals surface area contributed by atoms with E-state index in [-0.39, 0.29) is 5.48 Å². The number of ether oxygens (including phenoxy) is 1. The molecule has 0 aromatic rings. The van der Waals surface area contributed by atoms with Crippen LogP contribution in [0.3, 0.4) is 0 Å². The maximum absolute atomic E-state index is 5.44. The summed E-state index contributed by atoms with van der Waals surface area (Å²) in [7, 11) is 0. The zero-order valence-corrected chi connectivity index (χ0v) is 5.34. The van der Waals surface area contributed by atoms with E-state index in [0.29, 0.717) is 0 Å². The van der Waals surface area contributed by atoms with Crippen molar-refractivity contribution in [1.82, 2.24) is 0 Å². The van der Waals surface area contributed by atoms with E-state index in [2.05, 4.69) is 0 Å². The number of epoxide rings is 1. The SMILES string of the molecule is C1CC2CC1C1OC21.O. The van der Waals surface area contributed by atoms with Crippen molar-refractivity contribution >= 4 is 0 Å². The second-order valence-corrected chi connectivity index (χ2v) is 3.40. The third kappa shape index (κ3) is 0.528. The molecule has 2 heteroatoms. The Balaban J connectivity index is 0.000000333. The number of hydrogen-bond donors (Lipinski definition) is 0. The van der Waals surface area contributed by atoms with Gasteiger partial charge in [0.25, 0.3) is 0 Å². The zero-order valence-electron chi connectivity index (χ0n) is 5.34. The van der Waals surface area contributed by atoms with Crippen molar-refractivity contribution in [1.29, 1.82) is 0 Å². The van der Waals surface area contributed by atoms with Gasteiger partial charge in [-0.15, -0.1) is 0 Å². The highest BCUT2D eigenvalue weighted by Gasteiger charge is 2.59. The Hall–Kier alpha value is -0.0800. The molecule has 0 radical (unpaired) electrons. The highest BCUT2D eigenvalue weighted by atomic mass is 16.6. The van der Waals surface area contributed by atoms with Crippen LogP contribution in [0.2, 0.25) is 0 Å². The predicted octanol–water partition coefficient (Wildman–Crippen LogP) is 0.359. The minimum atomic E-state index is 0. The van der Waals surface area contributed by atoms with Crippen LogP contribution in [0.15, 0.2) is 0 Å². The monoisotopic (exact) mass is 128 g/mol. The summed E-state index contributed by atoms with van der Waals surface area (Å²) in [4.78, 5) is 0. The van der Waals surface area contributed by atoms with Gasteiger partial charge in [-0.1, -0.05) is 0 Å². The average molecular weight is 128 g/mol. The third-order valence-electron chi connectivity index (χ3n) is 3.00. The molecule has 1 heterocycles. The van der Waals surface area contributed by atoms with Crippen molar-refractivity contribution in [3.05, 3.63) is 0 Å². The molecule has 4 unspecified atom stereocenters. The molecule has 2 N–H and O–H groups in total. The van der Waals surface area contributed by atoms with Gasteiger partial charge >= 0.3 is 0 Å². The molecule has 0 aromatic heterocycles. The summed E-state index contributed by atoms with van der Waals surface area (Å²) in [5.41, 5.74) is 0. The van der Waals surface area contributed by atoms with E-state index in [4.69, 9.17) is 4.74 Å². The fourth-order valence-electron chi connectivity index (χ4n) is 2.54. The van der Waals surface area contributed by atoms with E-state index in [1.807, 2.05) is 0 Å². The van der Waals surface area contributed by atoms with Crippen molar-refractivity contribution < 1.29 is 10.2 Å². The van der Waals surface area contributed by atoms with E-state index < -0.39 is 0 Å². The Morgan fingerprint density at radius 2 is 1.56 bits per heavy atom. The van der Waals surface area contributed by atoms with E-state index >= 15 is 0 Å². The van der Waals surface area contributed by atoms with Gasteiger partial charge in [0.2, 0.25) is 0 Å². The first kappa shape index (κ1) is 5.69. The molecular formula is C7H12O2. The Kier molecular flexibility index (Phi) is 0.945. The lowest BCUT2D eigenvalue weighted by atomic mass is 10.0. The highest BCUT2D eigenvalue weighted by Crippen LogP contribution is 2.55. The van der Waals surface area contributed by atoms with Gasteiger partial charge < -0.3 is 10.2 Å². The molecule has 3 rings (SSSR count). The molecule has 0 spiro atoms. The Morgan fingerprint density at radius 1 is 1.00 bits per heavy atom. The fourth-order valence-corrected chi connectivity index (χ4v) is 2.54. The number of hydrogen-bond acceptors (Lipinski definition) is 1. The summed E-state index contributed by atoms with van der Waals surface area (Å²) >= 11 is 0. The van der Waals surface area contributed by atoms with Gasteiger partial charge in [0, 0.05) is 0 Å².